The highest BCUT2D eigenvalue weighted by Crippen LogP contribution is 2.39. The quantitative estimate of drug-likeness (QED) is 0.247. The van der Waals surface area contributed by atoms with Crippen molar-refractivity contribution in [2.45, 2.75) is 18.9 Å². The van der Waals surface area contributed by atoms with Crippen LogP contribution in [0.3, 0.4) is 0 Å². The second-order valence-corrected chi connectivity index (χ2v) is 11.7. The summed E-state index contributed by atoms with van der Waals surface area (Å²) in [5.74, 6) is -0.663. The molecule has 2 N–H and O–H groups in total. The molecule has 2 amide bonds. The fourth-order valence-electron chi connectivity index (χ4n) is 6.29. The van der Waals surface area contributed by atoms with Gasteiger partial charge in [-0.05, 0) is 73.0 Å². The number of amides is 2. The van der Waals surface area contributed by atoms with E-state index in [2.05, 4.69) is 15.5 Å². The van der Waals surface area contributed by atoms with E-state index in [4.69, 9.17) is 16.0 Å². The van der Waals surface area contributed by atoms with Gasteiger partial charge in [-0.15, -0.1) is 0 Å². The minimum absolute atomic E-state index is 0.00358. The third-order valence-corrected chi connectivity index (χ3v) is 8.57. The number of nitrogens with zero attached hydrogens (tertiary/aromatic N) is 2. The number of piperidine rings is 1. The van der Waals surface area contributed by atoms with E-state index in [1.54, 1.807) is 72.8 Å². The summed E-state index contributed by atoms with van der Waals surface area (Å²) in [6.45, 7) is 1.90. The molecular weight excluding hydrogens is 580 g/mol. The van der Waals surface area contributed by atoms with Crippen LogP contribution in [0.15, 0.2) is 105 Å². The maximum atomic E-state index is 13.6. The van der Waals surface area contributed by atoms with Gasteiger partial charge < -0.3 is 24.5 Å². The fourth-order valence-corrected chi connectivity index (χ4v) is 6.42. The third-order valence-electron chi connectivity index (χ3n) is 8.32. The molecule has 5 aromatic rings. The van der Waals surface area contributed by atoms with E-state index in [9.17, 15) is 19.2 Å². The zero-order valence-electron chi connectivity index (χ0n) is 23.5. The minimum Gasteiger partial charge on any atom is -0.422 e. The Labute approximate surface area is 256 Å². The van der Waals surface area contributed by atoms with Crippen molar-refractivity contribution < 1.29 is 14.0 Å². The van der Waals surface area contributed by atoms with Crippen molar-refractivity contribution in [3.63, 3.8) is 0 Å². The van der Waals surface area contributed by atoms with Crippen LogP contribution in [0.5, 0.6) is 0 Å². The Hall–Kier alpha value is -5.15. The molecule has 0 aliphatic carbocycles. The van der Waals surface area contributed by atoms with Crippen LogP contribution in [-0.2, 0) is 6.54 Å². The smallest absolute Gasteiger partial charge is 0.349 e. The molecule has 2 aliphatic rings. The number of carbonyl (C=O) groups excluding carboxylic acids is 2. The predicted octanol–water partition coefficient (Wildman–Crippen LogP) is 5.74. The lowest BCUT2D eigenvalue weighted by Gasteiger charge is -2.44. The first-order chi connectivity index (χ1) is 21.3. The van der Waals surface area contributed by atoms with Crippen molar-refractivity contribution in [2.75, 3.05) is 28.6 Å². The molecule has 2 atom stereocenters. The second-order valence-electron chi connectivity index (χ2n) is 11.2. The van der Waals surface area contributed by atoms with E-state index < -0.39 is 11.5 Å². The fraction of sp³-hybridized carbons (Fsp3) is 0.176. The highest BCUT2D eigenvalue weighted by Gasteiger charge is 2.35. The van der Waals surface area contributed by atoms with Crippen LogP contribution in [0.25, 0.3) is 11.0 Å². The van der Waals surface area contributed by atoms with Crippen molar-refractivity contribution >= 4 is 51.4 Å². The summed E-state index contributed by atoms with van der Waals surface area (Å²) in [6.07, 6.45) is 0.960. The molecule has 2 aliphatic heterocycles. The lowest BCUT2D eigenvalue weighted by molar-refractivity contribution is 0.101. The van der Waals surface area contributed by atoms with Gasteiger partial charge in [0, 0.05) is 59.0 Å². The van der Waals surface area contributed by atoms with Crippen molar-refractivity contribution in [1.82, 2.24) is 4.57 Å². The van der Waals surface area contributed by atoms with Crippen LogP contribution in [0.4, 0.5) is 17.1 Å². The summed E-state index contributed by atoms with van der Waals surface area (Å²) >= 11 is 5.99. The Morgan fingerprint density at radius 1 is 0.818 bits per heavy atom. The number of hydrogen-bond acceptors (Lipinski definition) is 6. The van der Waals surface area contributed by atoms with Gasteiger partial charge in [-0.25, -0.2) is 4.79 Å². The van der Waals surface area contributed by atoms with E-state index in [-0.39, 0.29) is 28.9 Å². The molecule has 220 valence electrons. The SMILES string of the molecule is O=C(Nc1ccc(Cl)cc1)c1ccc(N2C[C@H]3C[C@@H](C2)c2cccc(=O)n2C3)c(NC(=O)c2cc3ccccc3oc2=O)c1. The predicted molar refractivity (Wildman–Crippen MR) is 170 cm³/mol. The number of fused-ring (bicyclic) bond motifs is 5. The maximum Gasteiger partial charge on any atom is 0.349 e. The monoisotopic (exact) mass is 606 g/mol. The van der Waals surface area contributed by atoms with Gasteiger partial charge in [0.2, 0.25) is 0 Å². The van der Waals surface area contributed by atoms with Crippen LogP contribution in [0, 0.1) is 5.92 Å². The van der Waals surface area contributed by atoms with Crippen LogP contribution < -0.4 is 26.7 Å². The molecule has 1 saturated heterocycles. The highest BCUT2D eigenvalue weighted by molar-refractivity contribution is 6.30. The van der Waals surface area contributed by atoms with E-state index >= 15 is 0 Å². The lowest BCUT2D eigenvalue weighted by Crippen LogP contribution is -2.47. The number of aromatic nitrogens is 1. The number of anilines is 3. The summed E-state index contributed by atoms with van der Waals surface area (Å²) in [5, 5.41) is 6.92. The number of halogens is 1. The molecule has 44 heavy (non-hydrogen) atoms. The number of hydrogen-bond donors (Lipinski definition) is 2. The molecule has 9 nitrogen and oxygen atoms in total. The first-order valence-electron chi connectivity index (χ1n) is 14.3. The molecule has 2 aromatic heterocycles. The van der Waals surface area contributed by atoms with Crippen LogP contribution in [0.1, 0.15) is 38.7 Å². The van der Waals surface area contributed by atoms with Crippen molar-refractivity contribution in [3.8, 4) is 0 Å². The number of pyridine rings is 1. The average molecular weight is 607 g/mol. The molecule has 0 saturated carbocycles. The first kappa shape index (κ1) is 27.7. The third kappa shape index (κ3) is 5.26. The topological polar surface area (TPSA) is 114 Å². The number of carbonyl (C=O) groups is 2. The van der Waals surface area contributed by atoms with Crippen molar-refractivity contribution in [2.24, 2.45) is 5.92 Å². The number of rotatable bonds is 5. The number of para-hydroxylation sites is 1. The largest absolute Gasteiger partial charge is 0.422 e. The Bertz CT molecular complexity index is 2050. The van der Waals surface area contributed by atoms with Gasteiger partial charge in [0.15, 0.2) is 0 Å². The average Bonchev–Trinajstić information content (AvgIpc) is 3.02. The molecule has 1 fully saturated rings. The van der Waals surface area contributed by atoms with Gasteiger partial charge in [-0.3, -0.25) is 14.4 Å². The summed E-state index contributed by atoms with van der Waals surface area (Å²) in [7, 11) is 0. The first-order valence-corrected chi connectivity index (χ1v) is 14.7. The van der Waals surface area contributed by atoms with E-state index in [1.165, 1.54) is 6.07 Å². The molecule has 4 heterocycles. The second kappa shape index (κ2) is 11.2. The molecule has 7 rings (SSSR count). The Morgan fingerprint density at radius 2 is 1.64 bits per heavy atom. The van der Waals surface area contributed by atoms with Crippen LogP contribution >= 0.6 is 11.6 Å². The van der Waals surface area contributed by atoms with E-state index in [1.807, 2.05) is 16.7 Å². The van der Waals surface area contributed by atoms with Crippen LogP contribution in [0.2, 0.25) is 5.02 Å². The summed E-state index contributed by atoms with van der Waals surface area (Å²) < 4.78 is 7.26. The van der Waals surface area contributed by atoms with Gasteiger partial charge in [-0.2, -0.15) is 0 Å². The van der Waals surface area contributed by atoms with Gasteiger partial charge in [0.05, 0.1) is 11.4 Å². The number of benzene rings is 3. The van der Waals surface area contributed by atoms with Gasteiger partial charge >= 0.3 is 5.63 Å². The summed E-state index contributed by atoms with van der Waals surface area (Å²) in [5.41, 5.74) is 2.47. The number of nitrogens with one attached hydrogen (secondary N) is 2. The summed E-state index contributed by atoms with van der Waals surface area (Å²) in [6, 6.07) is 25.8. The Balaban J connectivity index is 1.24. The zero-order chi connectivity index (χ0) is 30.4. The lowest BCUT2D eigenvalue weighted by atomic mass is 9.83. The van der Waals surface area contributed by atoms with Gasteiger partial charge in [0.1, 0.15) is 11.1 Å². The molecular formula is C34H27ClN4O5. The van der Waals surface area contributed by atoms with Gasteiger partial charge in [0.25, 0.3) is 17.4 Å². The maximum absolute atomic E-state index is 13.6. The normalized spacial score (nSPS) is 17.2. The standard InChI is InChI=1S/C34H27ClN4O5/c35-24-9-11-25(12-10-24)36-32(41)22-8-13-29(38-17-20-14-23(19-38)28-5-3-7-31(40)39(28)18-20)27(16-22)37-33(42)26-15-21-4-1-2-6-30(21)44-34(26)43/h1-13,15-16,20,23H,14,17-19H2,(H,36,41)(H,37,42)/t20-,23+/m1/s1. The highest BCUT2D eigenvalue weighted by atomic mass is 35.5. The Morgan fingerprint density at radius 3 is 2.48 bits per heavy atom. The molecule has 0 radical (unpaired) electrons. The summed E-state index contributed by atoms with van der Waals surface area (Å²) in [4.78, 5) is 54.3. The molecule has 3 aromatic carbocycles. The van der Waals surface area contributed by atoms with E-state index in [0.29, 0.717) is 58.3 Å². The van der Waals surface area contributed by atoms with Crippen molar-refractivity contribution in [1.29, 1.82) is 0 Å². The van der Waals surface area contributed by atoms with E-state index in [0.717, 1.165) is 12.1 Å². The molecule has 0 unspecified atom stereocenters. The molecule has 0 spiro atoms. The molecule has 2 bridgehead atoms. The Kier molecular flexibility index (Phi) is 7.02. The van der Waals surface area contributed by atoms with Crippen molar-refractivity contribution in [3.05, 3.63) is 134 Å². The minimum atomic E-state index is -0.756. The molecule has 10 heteroatoms. The van der Waals surface area contributed by atoms with Crippen LogP contribution in [-0.4, -0.2) is 29.5 Å². The van der Waals surface area contributed by atoms with Gasteiger partial charge in [-0.1, -0.05) is 35.9 Å². The zero-order valence-corrected chi connectivity index (χ0v) is 24.2.